The highest BCUT2D eigenvalue weighted by atomic mass is 35.5. The Hall–Kier alpha value is -2.82. The number of aryl methyl sites for hydroxylation is 3. The fraction of sp³-hybridized carbons (Fsp3) is 0.263. The molecule has 2 N–H and O–H groups in total. The molecule has 3 aromatic rings. The van der Waals surface area contributed by atoms with Crippen LogP contribution < -0.4 is 10.6 Å². The number of hydrogen-bond donors (Lipinski definition) is 2. The summed E-state index contributed by atoms with van der Waals surface area (Å²) in [4.78, 5) is 16.4. The van der Waals surface area contributed by atoms with E-state index in [1.165, 1.54) is 0 Å². The van der Waals surface area contributed by atoms with Crippen LogP contribution in [0, 0.1) is 25.2 Å². The molecule has 0 saturated heterocycles. The van der Waals surface area contributed by atoms with Crippen LogP contribution in [0.15, 0.2) is 24.3 Å². The number of urea groups is 1. The summed E-state index contributed by atoms with van der Waals surface area (Å²) >= 11 is 11.8. The van der Waals surface area contributed by atoms with Gasteiger partial charge in [0.05, 0.1) is 15.7 Å². The summed E-state index contributed by atoms with van der Waals surface area (Å²) in [6.07, 6.45) is 1.18. The normalized spacial score (nSPS) is 10.7. The number of fused-ring (bicyclic) bond motifs is 1. The van der Waals surface area contributed by atoms with Crippen LogP contribution in [-0.2, 0) is 6.42 Å². The van der Waals surface area contributed by atoms with E-state index < -0.39 is 0 Å². The number of aromatic nitrogens is 3. The first-order valence-corrected chi connectivity index (χ1v) is 9.40. The Morgan fingerprint density at radius 3 is 2.75 bits per heavy atom. The van der Waals surface area contributed by atoms with E-state index in [4.69, 9.17) is 23.2 Å². The molecule has 9 heteroatoms. The lowest BCUT2D eigenvalue weighted by Crippen LogP contribution is -2.29. The van der Waals surface area contributed by atoms with Gasteiger partial charge in [-0.2, -0.15) is 10.4 Å². The molecule has 2 amide bonds. The molecule has 0 atom stereocenters. The van der Waals surface area contributed by atoms with Crippen molar-refractivity contribution in [3.63, 3.8) is 0 Å². The molecule has 2 aromatic heterocycles. The maximum atomic E-state index is 12.0. The van der Waals surface area contributed by atoms with Gasteiger partial charge in [-0.05, 0) is 51.0 Å². The molecule has 28 heavy (non-hydrogen) atoms. The van der Waals surface area contributed by atoms with Gasteiger partial charge in [0.1, 0.15) is 11.6 Å². The van der Waals surface area contributed by atoms with E-state index in [0.717, 1.165) is 11.4 Å². The second-order valence-corrected chi connectivity index (χ2v) is 7.14. The van der Waals surface area contributed by atoms with E-state index in [9.17, 15) is 10.1 Å². The number of nitrogens with one attached hydrogen (secondary N) is 2. The molecule has 0 bridgehead atoms. The minimum Gasteiger partial charge on any atom is -0.338 e. The smallest absolute Gasteiger partial charge is 0.319 e. The Morgan fingerprint density at radius 2 is 2.04 bits per heavy atom. The summed E-state index contributed by atoms with van der Waals surface area (Å²) in [6.45, 7) is 4.24. The molecule has 0 unspecified atom stereocenters. The van der Waals surface area contributed by atoms with Crippen molar-refractivity contribution in [3.8, 4) is 6.07 Å². The van der Waals surface area contributed by atoms with Crippen LogP contribution >= 0.6 is 23.2 Å². The molecule has 0 aliphatic rings. The Kier molecular flexibility index (Phi) is 6.02. The van der Waals surface area contributed by atoms with Crippen LogP contribution in [0.1, 0.15) is 29.1 Å². The Morgan fingerprint density at radius 1 is 1.25 bits per heavy atom. The predicted molar refractivity (Wildman–Crippen MR) is 109 cm³/mol. The van der Waals surface area contributed by atoms with Gasteiger partial charge in [-0.1, -0.05) is 23.2 Å². The highest BCUT2D eigenvalue weighted by Crippen LogP contribution is 2.24. The second kappa shape index (κ2) is 8.46. The molecule has 0 aliphatic carbocycles. The minimum absolute atomic E-state index is 0.345. The summed E-state index contributed by atoms with van der Waals surface area (Å²) in [5.74, 6) is 0. The lowest BCUT2D eigenvalue weighted by Gasteiger charge is -2.08. The van der Waals surface area contributed by atoms with Gasteiger partial charge in [0.25, 0.3) is 0 Å². The average molecular weight is 417 g/mol. The first kappa shape index (κ1) is 19.9. The topological polar surface area (TPSA) is 95.1 Å². The van der Waals surface area contributed by atoms with Gasteiger partial charge in [-0.15, -0.1) is 0 Å². The van der Waals surface area contributed by atoms with Crippen LogP contribution in [0.2, 0.25) is 10.0 Å². The lowest BCUT2D eigenvalue weighted by molar-refractivity contribution is 0.252. The number of nitriles is 1. The first-order valence-electron chi connectivity index (χ1n) is 8.65. The average Bonchev–Trinajstić information content (AvgIpc) is 2.99. The number of benzene rings is 1. The molecule has 0 spiro atoms. The predicted octanol–water partition coefficient (Wildman–Crippen LogP) is 4.28. The van der Waals surface area contributed by atoms with Crippen molar-refractivity contribution in [1.29, 1.82) is 5.26 Å². The van der Waals surface area contributed by atoms with Gasteiger partial charge < -0.3 is 10.6 Å². The number of hydrogen-bond acceptors (Lipinski definition) is 4. The molecule has 0 saturated carbocycles. The third-order valence-corrected chi connectivity index (χ3v) is 4.87. The van der Waals surface area contributed by atoms with Gasteiger partial charge in [0.2, 0.25) is 0 Å². The molecule has 144 valence electrons. The summed E-state index contributed by atoms with van der Waals surface area (Å²) < 4.78 is 1.69. The summed E-state index contributed by atoms with van der Waals surface area (Å²) in [7, 11) is 0. The summed E-state index contributed by atoms with van der Waals surface area (Å²) in [6, 6.07) is 8.63. The van der Waals surface area contributed by atoms with Crippen LogP contribution in [-0.4, -0.2) is 27.2 Å². The summed E-state index contributed by atoms with van der Waals surface area (Å²) in [5.41, 5.74) is 4.04. The van der Waals surface area contributed by atoms with Gasteiger partial charge in [-0.25, -0.2) is 14.3 Å². The van der Waals surface area contributed by atoms with E-state index >= 15 is 0 Å². The monoisotopic (exact) mass is 416 g/mol. The standard InChI is InChI=1S/C19H18Cl2N6O/c1-11-8-12(2)27-18(24-11)14(10-22)17(26-27)4-3-7-23-19(28)25-13-5-6-15(20)16(21)9-13/h5-6,8-9H,3-4,7H2,1-2H3,(H2,23,25,28). The molecular weight excluding hydrogens is 399 g/mol. The number of carbonyl (C=O) groups excluding carboxylic acids is 1. The fourth-order valence-corrected chi connectivity index (χ4v) is 3.16. The minimum atomic E-state index is -0.345. The molecule has 0 aliphatic heterocycles. The van der Waals surface area contributed by atoms with Crippen molar-refractivity contribution in [2.45, 2.75) is 26.7 Å². The van der Waals surface area contributed by atoms with E-state index in [1.807, 2.05) is 19.9 Å². The third kappa shape index (κ3) is 4.35. The summed E-state index contributed by atoms with van der Waals surface area (Å²) in [5, 5.41) is 20.3. The van der Waals surface area contributed by atoms with Gasteiger partial charge in [0.15, 0.2) is 5.65 Å². The van der Waals surface area contributed by atoms with Gasteiger partial charge in [0, 0.05) is 23.6 Å². The van der Waals surface area contributed by atoms with Crippen molar-refractivity contribution < 1.29 is 4.79 Å². The Bertz CT molecular complexity index is 1090. The second-order valence-electron chi connectivity index (χ2n) is 6.32. The number of halogens is 2. The van der Waals surface area contributed by atoms with E-state index in [2.05, 4.69) is 26.8 Å². The SMILES string of the molecule is Cc1cc(C)n2nc(CCCNC(=O)Nc3ccc(Cl)c(Cl)c3)c(C#N)c2n1. The van der Waals surface area contributed by atoms with Gasteiger partial charge >= 0.3 is 6.03 Å². The third-order valence-electron chi connectivity index (χ3n) is 4.13. The molecule has 2 heterocycles. The van der Waals surface area contributed by atoms with E-state index in [-0.39, 0.29) is 6.03 Å². The highest BCUT2D eigenvalue weighted by Gasteiger charge is 2.15. The van der Waals surface area contributed by atoms with Crippen molar-refractivity contribution in [2.75, 3.05) is 11.9 Å². The fourth-order valence-electron chi connectivity index (χ4n) is 2.86. The quantitative estimate of drug-likeness (QED) is 0.606. The maximum Gasteiger partial charge on any atom is 0.319 e. The van der Waals surface area contributed by atoms with Crippen LogP contribution in [0.5, 0.6) is 0 Å². The van der Waals surface area contributed by atoms with Crippen LogP contribution in [0.25, 0.3) is 5.65 Å². The number of amides is 2. The zero-order chi connectivity index (χ0) is 20.3. The lowest BCUT2D eigenvalue weighted by atomic mass is 10.1. The highest BCUT2D eigenvalue weighted by molar-refractivity contribution is 6.42. The zero-order valence-electron chi connectivity index (χ0n) is 15.4. The van der Waals surface area contributed by atoms with Crippen molar-refractivity contribution in [1.82, 2.24) is 19.9 Å². The van der Waals surface area contributed by atoms with Crippen LogP contribution in [0.3, 0.4) is 0 Å². The molecule has 7 nitrogen and oxygen atoms in total. The zero-order valence-corrected chi connectivity index (χ0v) is 16.9. The van der Waals surface area contributed by atoms with Crippen molar-refractivity contribution >= 4 is 40.6 Å². The number of nitrogens with zero attached hydrogens (tertiary/aromatic N) is 4. The van der Waals surface area contributed by atoms with E-state index in [0.29, 0.717) is 52.0 Å². The molecule has 0 fully saturated rings. The van der Waals surface area contributed by atoms with Gasteiger partial charge in [-0.3, -0.25) is 0 Å². The van der Waals surface area contributed by atoms with E-state index in [1.54, 1.807) is 22.7 Å². The van der Waals surface area contributed by atoms with Crippen molar-refractivity contribution in [3.05, 3.63) is 57.0 Å². The Labute approximate surface area is 172 Å². The van der Waals surface area contributed by atoms with Crippen LogP contribution in [0.4, 0.5) is 10.5 Å². The number of carbonyl (C=O) groups is 1. The largest absolute Gasteiger partial charge is 0.338 e. The maximum absolute atomic E-state index is 12.0. The Balaban J connectivity index is 1.58. The van der Waals surface area contributed by atoms with Crippen molar-refractivity contribution in [2.24, 2.45) is 0 Å². The number of rotatable bonds is 5. The molecule has 1 aromatic carbocycles. The first-order chi connectivity index (χ1) is 13.4. The number of anilines is 1. The molecule has 0 radical (unpaired) electrons. The molecule has 3 rings (SSSR count). The molecular formula is C19H18Cl2N6O.